The first kappa shape index (κ1) is 18.4. The molecule has 132 valence electrons. The van der Waals surface area contributed by atoms with Crippen LogP contribution in [0.25, 0.3) is 21.3 Å². The van der Waals surface area contributed by atoms with Crippen molar-refractivity contribution in [2.24, 2.45) is 0 Å². The van der Waals surface area contributed by atoms with Crippen LogP contribution in [-0.4, -0.2) is 40.3 Å². The molecule has 0 atom stereocenters. The third kappa shape index (κ3) is 4.05. The zero-order valence-corrected chi connectivity index (χ0v) is 17.0. The molecule has 2 heterocycles. The lowest BCUT2D eigenvalue weighted by Crippen LogP contribution is -2.25. The fourth-order valence-corrected chi connectivity index (χ4v) is 4.89. The van der Waals surface area contributed by atoms with Crippen molar-refractivity contribution in [1.29, 1.82) is 0 Å². The lowest BCUT2D eigenvalue weighted by atomic mass is 10.0. The highest BCUT2D eigenvalue weighted by molar-refractivity contribution is 7.99. The molecule has 0 fully saturated rings. The van der Waals surface area contributed by atoms with Crippen LogP contribution < -0.4 is 0 Å². The molecule has 3 aromatic rings. The Morgan fingerprint density at radius 1 is 1.08 bits per heavy atom. The van der Waals surface area contributed by atoms with E-state index in [0.29, 0.717) is 0 Å². The van der Waals surface area contributed by atoms with Crippen LogP contribution in [0.4, 0.5) is 0 Å². The fraction of sp³-hybridized carbons (Fsp3) is 0.400. The number of hydrogen-bond donors (Lipinski definition) is 0. The molecule has 1 aromatic carbocycles. The molecule has 0 saturated carbocycles. The number of hydrogen-bond acceptors (Lipinski definition) is 5. The second-order valence-corrected chi connectivity index (χ2v) is 8.12. The molecule has 3 nitrogen and oxygen atoms in total. The van der Waals surface area contributed by atoms with E-state index in [1.165, 1.54) is 27.6 Å². The molecule has 0 saturated heterocycles. The third-order valence-corrected chi connectivity index (χ3v) is 6.55. The molecule has 0 radical (unpaired) electrons. The van der Waals surface area contributed by atoms with Crippen molar-refractivity contribution in [3.8, 4) is 11.1 Å². The number of fused-ring (bicyclic) bond motifs is 1. The van der Waals surface area contributed by atoms with E-state index in [9.17, 15) is 0 Å². The van der Waals surface area contributed by atoms with Crippen molar-refractivity contribution in [2.75, 3.05) is 25.4 Å². The molecule has 0 N–H and O–H groups in total. The molecule has 2 aromatic heterocycles. The first-order valence-corrected chi connectivity index (χ1v) is 10.7. The van der Waals surface area contributed by atoms with E-state index >= 15 is 0 Å². The van der Waals surface area contributed by atoms with Gasteiger partial charge in [-0.2, -0.15) is 0 Å². The molecule has 0 unspecified atom stereocenters. The summed E-state index contributed by atoms with van der Waals surface area (Å²) in [6, 6.07) is 6.68. The highest BCUT2D eigenvalue weighted by Gasteiger charge is 2.14. The Kier molecular flexibility index (Phi) is 6.10. The third-order valence-electron chi connectivity index (χ3n) is 4.69. The summed E-state index contributed by atoms with van der Waals surface area (Å²) in [6.45, 7) is 12.0. The minimum atomic E-state index is 1.05. The quantitative estimate of drug-likeness (QED) is 0.410. The summed E-state index contributed by atoms with van der Waals surface area (Å²) in [5.74, 6) is 1.05. The molecule has 0 aliphatic heterocycles. The molecule has 0 aliphatic carbocycles. The van der Waals surface area contributed by atoms with Gasteiger partial charge in [-0.3, -0.25) is 0 Å². The van der Waals surface area contributed by atoms with Crippen molar-refractivity contribution in [3.63, 3.8) is 0 Å². The molecule has 0 spiro atoms. The van der Waals surface area contributed by atoms with Crippen molar-refractivity contribution < 1.29 is 0 Å². The number of thioether (sulfide) groups is 1. The Labute approximate surface area is 158 Å². The van der Waals surface area contributed by atoms with Crippen LogP contribution in [0.3, 0.4) is 0 Å². The van der Waals surface area contributed by atoms with Gasteiger partial charge in [0.1, 0.15) is 16.2 Å². The predicted molar refractivity (Wildman–Crippen MR) is 111 cm³/mol. The number of aryl methyl sites for hydroxylation is 2. The summed E-state index contributed by atoms with van der Waals surface area (Å²) < 4.78 is 0. The van der Waals surface area contributed by atoms with Gasteiger partial charge in [-0.15, -0.1) is 23.1 Å². The standard InChI is InChI=1S/C20H25N3S2/c1-5-23(6-2)9-10-24-19-18-17(12-25-20(18)22-13-21-19)16-8-7-14(3)15(4)11-16/h7-8,11-13H,5-6,9-10H2,1-4H3. The Hall–Kier alpha value is -1.43. The lowest BCUT2D eigenvalue weighted by Gasteiger charge is -2.17. The predicted octanol–water partition coefficient (Wildman–Crippen LogP) is 5.41. The highest BCUT2D eigenvalue weighted by Crippen LogP contribution is 2.38. The number of aromatic nitrogens is 2. The Bertz CT molecular complexity index is 853. The van der Waals surface area contributed by atoms with Crippen LogP contribution in [0.5, 0.6) is 0 Å². The second kappa shape index (κ2) is 8.30. The Morgan fingerprint density at radius 2 is 1.88 bits per heavy atom. The summed E-state index contributed by atoms with van der Waals surface area (Å²) in [4.78, 5) is 12.6. The number of nitrogens with zero attached hydrogens (tertiary/aromatic N) is 3. The minimum absolute atomic E-state index is 1.05. The van der Waals surface area contributed by atoms with E-state index in [1.54, 1.807) is 17.7 Å². The molecule has 0 amide bonds. The van der Waals surface area contributed by atoms with Crippen LogP contribution in [0.1, 0.15) is 25.0 Å². The summed E-state index contributed by atoms with van der Waals surface area (Å²) >= 11 is 3.55. The Balaban J connectivity index is 1.92. The first-order valence-electron chi connectivity index (χ1n) is 8.79. The zero-order chi connectivity index (χ0) is 17.8. The van der Waals surface area contributed by atoms with E-state index in [2.05, 4.69) is 66.1 Å². The van der Waals surface area contributed by atoms with Crippen molar-refractivity contribution in [3.05, 3.63) is 41.0 Å². The maximum Gasteiger partial charge on any atom is 0.128 e. The fourth-order valence-electron chi connectivity index (χ4n) is 2.89. The maximum absolute atomic E-state index is 4.59. The smallest absolute Gasteiger partial charge is 0.128 e. The lowest BCUT2D eigenvalue weighted by molar-refractivity contribution is 0.324. The van der Waals surface area contributed by atoms with E-state index < -0.39 is 0 Å². The van der Waals surface area contributed by atoms with Gasteiger partial charge in [-0.1, -0.05) is 32.0 Å². The average Bonchev–Trinajstić information content (AvgIpc) is 3.06. The number of benzene rings is 1. The molecular weight excluding hydrogens is 346 g/mol. The van der Waals surface area contributed by atoms with Crippen LogP contribution >= 0.6 is 23.1 Å². The van der Waals surface area contributed by atoms with Gasteiger partial charge in [-0.05, 0) is 43.6 Å². The molecule has 5 heteroatoms. The normalized spacial score (nSPS) is 11.6. The van der Waals surface area contributed by atoms with Gasteiger partial charge in [0, 0.05) is 23.2 Å². The van der Waals surface area contributed by atoms with Gasteiger partial charge in [0.25, 0.3) is 0 Å². The SMILES string of the molecule is CCN(CC)CCSc1ncnc2scc(-c3ccc(C)c(C)c3)c12. The monoisotopic (exact) mass is 371 g/mol. The maximum atomic E-state index is 4.59. The van der Waals surface area contributed by atoms with Crippen molar-refractivity contribution >= 4 is 33.3 Å². The van der Waals surface area contributed by atoms with E-state index in [-0.39, 0.29) is 0 Å². The molecule has 0 bridgehead atoms. The van der Waals surface area contributed by atoms with Crippen LogP contribution in [0, 0.1) is 13.8 Å². The Morgan fingerprint density at radius 3 is 2.60 bits per heavy atom. The van der Waals surface area contributed by atoms with E-state index in [4.69, 9.17) is 0 Å². The molecule has 3 rings (SSSR count). The summed E-state index contributed by atoms with van der Waals surface area (Å²) in [5.41, 5.74) is 5.17. The molecular formula is C20H25N3S2. The van der Waals surface area contributed by atoms with Gasteiger partial charge >= 0.3 is 0 Å². The summed E-state index contributed by atoms with van der Waals surface area (Å²) in [5, 5.41) is 4.53. The van der Waals surface area contributed by atoms with Gasteiger partial charge in [0.15, 0.2) is 0 Å². The largest absolute Gasteiger partial charge is 0.303 e. The van der Waals surface area contributed by atoms with E-state index in [1.807, 2.05) is 11.8 Å². The van der Waals surface area contributed by atoms with Gasteiger partial charge in [-0.25, -0.2) is 9.97 Å². The van der Waals surface area contributed by atoms with Gasteiger partial charge in [0.2, 0.25) is 0 Å². The average molecular weight is 372 g/mol. The summed E-state index contributed by atoms with van der Waals surface area (Å²) in [7, 11) is 0. The second-order valence-electron chi connectivity index (χ2n) is 6.18. The molecule has 25 heavy (non-hydrogen) atoms. The van der Waals surface area contributed by atoms with E-state index in [0.717, 1.165) is 35.2 Å². The number of thiophene rings is 1. The number of rotatable bonds is 7. The van der Waals surface area contributed by atoms with Gasteiger partial charge in [0.05, 0.1) is 5.39 Å². The summed E-state index contributed by atoms with van der Waals surface area (Å²) in [6.07, 6.45) is 1.70. The first-order chi connectivity index (χ1) is 12.1. The van der Waals surface area contributed by atoms with Crippen LogP contribution in [-0.2, 0) is 0 Å². The topological polar surface area (TPSA) is 29.0 Å². The highest BCUT2D eigenvalue weighted by atomic mass is 32.2. The minimum Gasteiger partial charge on any atom is -0.303 e. The van der Waals surface area contributed by atoms with Crippen molar-refractivity contribution in [1.82, 2.24) is 14.9 Å². The van der Waals surface area contributed by atoms with Crippen LogP contribution in [0.2, 0.25) is 0 Å². The van der Waals surface area contributed by atoms with Crippen LogP contribution in [0.15, 0.2) is 34.9 Å². The zero-order valence-electron chi connectivity index (χ0n) is 15.4. The van der Waals surface area contributed by atoms with Gasteiger partial charge < -0.3 is 4.90 Å². The molecule has 0 aliphatic rings. The van der Waals surface area contributed by atoms with Crippen molar-refractivity contribution in [2.45, 2.75) is 32.7 Å².